The minimum Gasteiger partial charge on any atom is -0.492 e. The third kappa shape index (κ3) is 7.73. The Morgan fingerprint density at radius 1 is 1.24 bits per heavy atom. The normalized spacial score (nSPS) is 10.6. The average molecular weight is 489 g/mol. The van der Waals surface area contributed by atoms with Crippen LogP contribution in [0.4, 0.5) is 15.9 Å². The van der Waals surface area contributed by atoms with Gasteiger partial charge in [-0.1, -0.05) is 29.3 Å². The van der Waals surface area contributed by atoms with Gasteiger partial charge in [-0.05, 0) is 25.1 Å². The Labute approximate surface area is 201 Å². The summed E-state index contributed by atoms with van der Waals surface area (Å²) in [7, 11) is 1.69. The van der Waals surface area contributed by atoms with E-state index < -0.39 is 5.82 Å². The van der Waals surface area contributed by atoms with Crippen LogP contribution in [-0.4, -0.2) is 58.2 Å². The lowest BCUT2D eigenvalue weighted by molar-refractivity contribution is -0.131. The SMILES string of the molecule is Cc1ccc(OCCN(C)C(=O)Cn2cc(NC(=O)CCNc3ncc(Cl)cc3F)cn2)cc1. The van der Waals surface area contributed by atoms with Crippen LogP contribution in [0.25, 0.3) is 0 Å². The van der Waals surface area contributed by atoms with Gasteiger partial charge in [0.15, 0.2) is 11.6 Å². The number of pyridine rings is 1. The fourth-order valence-corrected chi connectivity index (χ4v) is 3.04. The van der Waals surface area contributed by atoms with E-state index in [4.69, 9.17) is 16.3 Å². The van der Waals surface area contributed by atoms with Crippen LogP contribution >= 0.6 is 11.6 Å². The van der Waals surface area contributed by atoms with E-state index in [0.717, 1.165) is 17.4 Å². The highest BCUT2D eigenvalue weighted by Gasteiger charge is 2.12. The van der Waals surface area contributed by atoms with Crippen molar-refractivity contribution in [3.63, 3.8) is 0 Å². The van der Waals surface area contributed by atoms with Crippen molar-refractivity contribution in [1.82, 2.24) is 19.7 Å². The second-order valence-electron chi connectivity index (χ2n) is 7.61. The Kier molecular flexibility index (Phi) is 8.80. The number of amides is 2. The molecule has 2 heterocycles. The minimum absolute atomic E-state index is 0.0249. The maximum absolute atomic E-state index is 13.7. The second kappa shape index (κ2) is 12.0. The van der Waals surface area contributed by atoms with E-state index in [2.05, 4.69) is 20.7 Å². The summed E-state index contributed by atoms with van der Waals surface area (Å²) in [6, 6.07) is 8.84. The van der Waals surface area contributed by atoms with E-state index in [0.29, 0.717) is 18.8 Å². The molecule has 0 saturated heterocycles. The van der Waals surface area contributed by atoms with Gasteiger partial charge in [-0.15, -0.1) is 0 Å². The highest BCUT2D eigenvalue weighted by molar-refractivity contribution is 6.30. The summed E-state index contributed by atoms with van der Waals surface area (Å²) in [5.41, 5.74) is 1.61. The number of nitrogens with zero attached hydrogens (tertiary/aromatic N) is 4. The van der Waals surface area contributed by atoms with Crippen molar-refractivity contribution in [1.29, 1.82) is 0 Å². The largest absolute Gasteiger partial charge is 0.492 e. The minimum atomic E-state index is -0.592. The topological polar surface area (TPSA) is 101 Å². The molecule has 34 heavy (non-hydrogen) atoms. The van der Waals surface area contributed by atoms with Crippen molar-refractivity contribution in [2.45, 2.75) is 19.9 Å². The Morgan fingerprint density at radius 3 is 2.74 bits per heavy atom. The van der Waals surface area contributed by atoms with Crippen LogP contribution in [0.5, 0.6) is 5.75 Å². The summed E-state index contributed by atoms with van der Waals surface area (Å²) >= 11 is 5.66. The number of hydrogen-bond donors (Lipinski definition) is 2. The smallest absolute Gasteiger partial charge is 0.244 e. The van der Waals surface area contributed by atoms with E-state index in [-0.39, 0.29) is 42.2 Å². The molecule has 0 atom stereocenters. The number of carbonyl (C=O) groups excluding carboxylic acids is 2. The molecule has 0 aliphatic carbocycles. The fraction of sp³-hybridized carbons (Fsp3) is 0.304. The van der Waals surface area contributed by atoms with E-state index in [1.807, 2.05) is 31.2 Å². The van der Waals surface area contributed by atoms with Crippen LogP contribution < -0.4 is 15.4 Å². The lowest BCUT2D eigenvalue weighted by Gasteiger charge is -2.17. The van der Waals surface area contributed by atoms with Crippen LogP contribution in [0.2, 0.25) is 5.02 Å². The standard InChI is InChI=1S/C23H26ClFN6O3/c1-16-3-5-19(6-4-16)34-10-9-30(2)22(33)15-31-14-18(13-28-31)29-21(32)7-8-26-23-20(25)11-17(24)12-27-23/h3-6,11-14H,7-10,15H2,1-2H3,(H,26,27)(H,29,32). The van der Waals surface area contributed by atoms with Gasteiger partial charge >= 0.3 is 0 Å². The lowest BCUT2D eigenvalue weighted by atomic mass is 10.2. The number of halogens is 2. The summed E-state index contributed by atoms with van der Waals surface area (Å²) in [5, 5.41) is 9.74. The molecule has 0 radical (unpaired) electrons. The molecule has 180 valence electrons. The molecule has 2 aromatic heterocycles. The van der Waals surface area contributed by atoms with Crippen LogP contribution in [0, 0.1) is 12.7 Å². The molecule has 0 aliphatic heterocycles. The number of benzene rings is 1. The third-order valence-corrected chi connectivity index (χ3v) is 5.02. The second-order valence-corrected chi connectivity index (χ2v) is 8.05. The Balaban J connectivity index is 1.37. The van der Waals surface area contributed by atoms with Crippen LogP contribution in [0.1, 0.15) is 12.0 Å². The molecule has 0 fully saturated rings. The number of carbonyl (C=O) groups is 2. The van der Waals surface area contributed by atoms with Crippen molar-refractivity contribution in [3.8, 4) is 5.75 Å². The molecule has 3 aromatic rings. The monoisotopic (exact) mass is 488 g/mol. The number of hydrogen-bond acceptors (Lipinski definition) is 6. The van der Waals surface area contributed by atoms with E-state index in [9.17, 15) is 14.0 Å². The Bertz CT molecular complexity index is 1120. The molecular weight excluding hydrogens is 463 g/mol. The third-order valence-electron chi connectivity index (χ3n) is 4.81. The molecule has 0 saturated carbocycles. The average Bonchev–Trinajstić information content (AvgIpc) is 3.23. The lowest BCUT2D eigenvalue weighted by Crippen LogP contribution is -2.33. The quantitative estimate of drug-likeness (QED) is 0.429. The molecule has 3 rings (SSSR count). The van der Waals surface area contributed by atoms with Gasteiger partial charge in [0.05, 0.1) is 23.5 Å². The number of likely N-dealkylation sites (N-methyl/N-ethyl adjacent to an activating group) is 1. The number of nitrogens with one attached hydrogen (secondary N) is 2. The number of rotatable bonds is 11. The first-order valence-electron chi connectivity index (χ1n) is 10.6. The highest BCUT2D eigenvalue weighted by atomic mass is 35.5. The summed E-state index contributed by atoms with van der Waals surface area (Å²) in [6.07, 6.45) is 4.43. The zero-order valence-corrected chi connectivity index (χ0v) is 19.7. The predicted molar refractivity (Wildman–Crippen MR) is 127 cm³/mol. The zero-order valence-electron chi connectivity index (χ0n) is 18.9. The first-order valence-corrected chi connectivity index (χ1v) is 11.0. The summed E-state index contributed by atoms with van der Waals surface area (Å²) in [6.45, 7) is 3.00. The molecule has 9 nitrogen and oxygen atoms in total. The first kappa shape index (κ1) is 25.0. The first-order chi connectivity index (χ1) is 16.3. The molecule has 2 amide bonds. The maximum Gasteiger partial charge on any atom is 0.244 e. The van der Waals surface area contributed by atoms with E-state index in [1.54, 1.807) is 18.1 Å². The van der Waals surface area contributed by atoms with Crippen LogP contribution in [0.3, 0.4) is 0 Å². The van der Waals surface area contributed by atoms with Crippen molar-refractivity contribution < 1.29 is 18.7 Å². The molecule has 2 N–H and O–H groups in total. The number of aromatic nitrogens is 3. The van der Waals surface area contributed by atoms with E-state index >= 15 is 0 Å². The summed E-state index contributed by atoms with van der Waals surface area (Å²) in [4.78, 5) is 29.9. The Hall–Kier alpha value is -3.66. The van der Waals surface area contributed by atoms with Gasteiger partial charge in [0, 0.05) is 32.4 Å². The Morgan fingerprint density at radius 2 is 2.00 bits per heavy atom. The molecule has 1 aromatic carbocycles. The van der Waals surface area contributed by atoms with Gasteiger partial charge in [-0.3, -0.25) is 14.3 Å². The highest BCUT2D eigenvalue weighted by Crippen LogP contribution is 2.15. The summed E-state index contributed by atoms with van der Waals surface area (Å²) in [5.74, 6) is -0.251. The van der Waals surface area contributed by atoms with E-state index in [1.165, 1.54) is 17.1 Å². The van der Waals surface area contributed by atoms with Gasteiger partial charge in [0.2, 0.25) is 11.8 Å². The van der Waals surface area contributed by atoms with Gasteiger partial charge in [0.25, 0.3) is 0 Å². The van der Waals surface area contributed by atoms with Crippen LogP contribution in [-0.2, 0) is 16.1 Å². The van der Waals surface area contributed by atoms with Crippen molar-refractivity contribution in [3.05, 3.63) is 65.3 Å². The molecule has 0 aliphatic rings. The number of ether oxygens (including phenoxy) is 1. The molecule has 0 bridgehead atoms. The number of anilines is 2. The number of aryl methyl sites for hydroxylation is 1. The zero-order chi connectivity index (χ0) is 24.5. The van der Waals surface area contributed by atoms with Gasteiger partial charge in [0.1, 0.15) is 18.9 Å². The maximum atomic E-state index is 13.7. The van der Waals surface area contributed by atoms with Crippen molar-refractivity contribution >= 4 is 34.9 Å². The van der Waals surface area contributed by atoms with Crippen molar-refractivity contribution in [2.75, 3.05) is 37.4 Å². The van der Waals surface area contributed by atoms with Gasteiger partial charge in [-0.2, -0.15) is 5.10 Å². The van der Waals surface area contributed by atoms with Crippen molar-refractivity contribution in [2.24, 2.45) is 0 Å². The molecule has 0 unspecified atom stereocenters. The molecule has 0 spiro atoms. The fourth-order valence-electron chi connectivity index (χ4n) is 2.90. The molecule has 11 heteroatoms. The summed E-state index contributed by atoms with van der Waals surface area (Å²) < 4.78 is 20.8. The molecular formula is C23H26ClFN6O3. The van der Waals surface area contributed by atoms with Gasteiger partial charge < -0.3 is 20.3 Å². The van der Waals surface area contributed by atoms with Gasteiger partial charge in [-0.25, -0.2) is 9.37 Å². The van der Waals surface area contributed by atoms with Crippen LogP contribution in [0.15, 0.2) is 48.9 Å². The predicted octanol–water partition coefficient (Wildman–Crippen LogP) is 3.36.